The Hall–Kier alpha value is -5.57. The lowest BCUT2D eigenvalue weighted by Gasteiger charge is -2.13. The summed E-state index contributed by atoms with van der Waals surface area (Å²) in [7, 11) is 0. The van der Waals surface area contributed by atoms with Crippen LogP contribution in [0.5, 0.6) is 0 Å². The van der Waals surface area contributed by atoms with Gasteiger partial charge in [-0.2, -0.15) is 18.4 Å². The Bertz CT molecular complexity index is 1700. The zero-order chi connectivity index (χ0) is 28.4. The third-order valence-corrected chi connectivity index (χ3v) is 5.87. The number of nitriles is 1. The Labute approximate surface area is 224 Å². The van der Waals surface area contributed by atoms with Crippen molar-refractivity contribution in [3.05, 3.63) is 101 Å². The highest BCUT2D eigenvalue weighted by Crippen LogP contribution is 2.36. The van der Waals surface area contributed by atoms with Crippen LogP contribution < -0.4 is 21.3 Å². The van der Waals surface area contributed by atoms with Crippen LogP contribution in [0.15, 0.2) is 72.9 Å². The van der Waals surface area contributed by atoms with E-state index in [0.717, 1.165) is 5.69 Å². The fraction of sp³-hybridized carbons (Fsp3) is 0.0357. The van der Waals surface area contributed by atoms with E-state index in [4.69, 9.17) is 0 Å². The minimum absolute atomic E-state index is 0.122. The average Bonchev–Trinajstić information content (AvgIpc) is 3.52. The van der Waals surface area contributed by atoms with Crippen molar-refractivity contribution in [2.24, 2.45) is 0 Å². The van der Waals surface area contributed by atoms with E-state index in [1.165, 1.54) is 18.2 Å². The lowest BCUT2D eigenvalue weighted by Crippen LogP contribution is -2.21. The molecule has 12 heteroatoms. The molecule has 0 unspecified atom stereocenters. The molecule has 5 N–H and O–H groups in total. The smallest absolute Gasteiger partial charge is 0.362 e. The number of aromatic nitrogens is 1. The number of hydrogen-bond acceptors (Lipinski definition) is 4. The van der Waals surface area contributed by atoms with Crippen molar-refractivity contribution in [1.29, 1.82) is 5.26 Å². The van der Waals surface area contributed by atoms with E-state index in [2.05, 4.69) is 26.3 Å². The quantitative estimate of drug-likeness (QED) is 0.138. The van der Waals surface area contributed by atoms with Crippen LogP contribution in [0.4, 0.5) is 50.8 Å². The number of nitrogens with zero attached hydrogens (tertiary/aromatic N) is 1. The molecular formula is C28H18F4N6O2. The minimum Gasteiger partial charge on any atom is -0.362 e. The van der Waals surface area contributed by atoms with Gasteiger partial charge in [0, 0.05) is 34.5 Å². The summed E-state index contributed by atoms with van der Waals surface area (Å²) < 4.78 is 52.9. The number of aromatic amines is 1. The van der Waals surface area contributed by atoms with Crippen molar-refractivity contribution < 1.29 is 27.2 Å². The number of anilines is 5. The van der Waals surface area contributed by atoms with Gasteiger partial charge < -0.3 is 26.3 Å². The summed E-state index contributed by atoms with van der Waals surface area (Å²) in [6.07, 6.45) is -1.24. The van der Waals surface area contributed by atoms with Gasteiger partial charge in [0.2, 0.25) is 0 Å². The maximum Gasteiger partial charge on any atom is 0.416 e. The number of hydrogen-bond donors (Lipinski definition) is 5. The van der Waals surface area contributed by atoms with Crippen molar-refractivity contribution in [3.63, 3.8) is 0 Å². The SMILES string of the molecule is N#Cc1cc(NC(=O)Nc2cc(C(F)(F)F)ccc2F)cc(Nc2ccc3c(c2)NC(=O)/C3=C/c2ccc[nH]2)c1. The van der Waals surface area contributed by atoms with Crippen LogP contribution in [0, 0.1) is 17.1 Å². The number of urea groups is 1. The molecule has 0 saturated carbocycles. The summed E-state index contributed by atoms with van der Waals surface area (Å²) in [5.74, 6) is -1.31. The first-order chi connectivity index (χ1) is 19.1. The van der Waals surface area contributed by atoms with E-state index in [1.807, 2.05) is 18.2 Å². The van der Waals surface area contributed by atoms with Gasteiger partial charge in [0.15, 0.2) is 0 Å². The van der Waals surface area contributed by atoms with Gasteiger partial charge in [0.25, 0.3) is 5.91 Å². The third-order valence-electron chi connectivity index (χ3n) is 5.87. The number of H-pyrrole nitrogens is 1. The first-order valence-corrected chi connectivity index (χ1v) is 11.7. The molecule has 3 amide bonds. The molecule has 200 valence electrons. The molecular weight excluding hydrogens is 528 g/mol. The standard InChI is InChI=1S/C28H18F4N6O2/c29-23-6-3-16(28(30,31)32)10-25(23)38-27(40)36-20-9-15(14-33)8-19(11-20)35-18-4-5-21-22(12-17-2-1-7-34-17)26(39)37-24(21)13-18/h1-13,34-35H,(H,37,39)(H2,36,38,40)/b22-12+. The van der Waals surface area contributed by atoms with Gasteiger partial charge in [-0.1, -0.05) is 6.07 Å². The van der Waals surface area contributed by atoms with Crippen LogP contribution in [0.1, 0.15) is 22.4 Å². The number of rotatable bonds is 5. The second kappa shape index (κ2) is 10.3. The normalized spacial score (nSPS) is 13.4. The average molecular weight is 546 g/mol. The van der Waals surface area contributed by atoms with Gasteiger partial charge in [-0.3, -0.25) is 4.79 Å². The van der Waals surface area contributed by atoms with Crippen LogP contribution in [0.2, 0.25) is 0 Å². The molecule has 0 aliphatic carbocycles. The van der Waals surface area contributed by atoms with E-state index < -0.39 is 29.3 Å². The number of amides is 3. The Morgan fingerprint density at radius 1 is 0.950 bits per heavy atom. The maximum atomic E-state index is 14.0. The Kier molecular flexibility index (Phi) is 6.71. The highest BCUT2D eigenvalue weighted by molar-refractivity contribution is 6.35. The number of alkyl halides is 3. The van der Waals surface area contributed by atoms with Crippen LogP contribution in [0.3, 0.4) is 0 Å². The topological polar surface area (TPSA) is 122 Å². The molecule has 8 nitrogen and oxygen atoms in total. The molecule has 0 spiro atoms. The van der Waals surface area contributed by atoms with Crippen molar-refractivity contribution >= 4 is 52.0 Å². The number of benzene rings is 3. The maximum absolute atomic E-state index is 14.0. The molecule has 0 atom stereocenters. The third kappa shape index (κ3) is 5.63. The van der Waals surface area contributed by atoms with Crippen molar-refractivity contribution in [2.75, 3.05) is 21.3 Å². The number of carbonyl (C=O) groups excluding carboxylic acids is 2. The fourth-order valence-corrected chi connectivity index (χ4v) is 4.09. The van der Waals surface area contributed by atoms with Gasteiger partial charge in [0.1, 0.15) is 5.82 Å². The zero-order valence-corrected chi connectivity index (χ0v) is 20.3. The fourth-order valence-electron chi connectivity index (χ4n) is 4.09. The van der Waals surface area contributed by atoms with E-state index in [9.17, 15) is 32.4 Å². The molecule has 0 bridgehead atoms. The van der Waals surface area contributed by atoms with Gasteiger partial charge in [-0.05, 0) is 66.7 Å². The molecule has 3 aromatic carbocycles. The number of carbonyl (C=O) groups is 2. The van der Waals surface area contributed by atoms with E-state index in [1.54, 1.807) is 30.5 Å². The number of halogens is 4. The lowest BCUT2D eigenvalue weighted by molar-refractivity contribution is -0.137. The summed E-state index contributed by atoms with van der Waals surface area (Å²) in [6.45, 7) is 0. The van der Waals surface area contributed by atoms with Crippen LogP contribution >= 0.6 is 0 Å². The number of fused-ring (bicyclic) bond motifs is 1. The molecule has 1 aliphatic rings. The summed E-state index contributed by atoms with van der Waals surface area (Å²) >= 11 is 0. The van der Waals surface area contributed by atoms with Crippen molar-refractivity contribution in [3.8, 4) is 6.07 Å². The van der Waals surface area contributed by atoms with Gasteiger partial charge in [0.05, 0.1) is 34.1 Å². The Morgan fingerprint density at radius 2 is 1.75 bits per heavy atom. The largest absolute Gasteiger partial charge is 0.416 e. The molecule has 40 heavy (non-hydrogen) atoms. The first-order valence-electron chi connectivity index (χ1n) is 11.7. The molecule has 0 radical (unpaired) electrons. The number of nitrogens with one attached hydrogen (secondary N) is 5. The molecule has 1 aromatic heterocycles. The Balaban J connectivity index is 1.34. The molecule has 0 fully saturated rings. The van der Waals surface area contributed by atoms with Crippen LogP contribution in [-0.4, -0.2) is 16.9 Å². The minimum atomic E-state index is -4.72. The Morgan fingerprint density at radius 3 is 2.48 bits per heavy atom. The van der Waals surface area contributed by atoms with Crippen molar-refractivity contribution in [2.45, 2.75) is 6.18 Å². The zero-order valence-electron chi connectivity index (χ0n) is 20.3. The highest BCUT2D eigenvalue weighted by Gasteiger charge is 2.31. The van der Waals surface area contributed by atoms with Gasteiger partial charge in [-0.15, -0.1) is 0 Å². The van der Waals surface area contributed by atoms with E-state index >= 15 is 0 Å². The molecule has 5 rings (SSSR count). The summed E-state index contributed by atoms with van der Waals surface area (Å²) in [6, 6.07) is 15.8. The van der Waals surface area contributed by atoms with Crippen LogP contribution in [0.25, 0.3) is 11.6 Å². The predicted molar refractivity (Wildman–Crippen MR) is 142 cm³/mol. The summed E-state index contributed by atoms with van der Waals surface area (Å²) in [4.78, 5) is 28.0. The molecule has 1 aliphatic heterocycles. The van der Waals surface area contributed by atoms with E-state index in [0.29, 0.717) is 46.4 Å². The second-order valence-electron chi connectivity index (χ2n) is 8.71. The lowest BCUT2D eigenvalue weighted by atomic mass is 10.1. The van der Waals surface area contributed by atoms with Crippen molar-refractivity contribution in [1.82, 2.24) is 4.98 Å². The summed E-state index contributed by atoms with van der Waals surface area (Å²) in [5.41, 5.74) is 2.00. The predicted octanol–water partition coefficient (Wildman–Crippen LogP) is 6.92. The first kappa shape index (κ1) is 26.1. The molecule has 4 aromatic rings. The van der Waals surface area contributed by atoms with E-state index in [-0.39, 0.29) is 17.2 Å². The van der Waals surface area contributed by atoms with Crippen LogP contribution in [-0.2, 0) is 11.0 Å². The summed E-state index contributed by atoms with van der Waals surface area (Å²) in [5, 5.41) is 19.8. The van der Waals surface area contributed by atoms with Gasteiger partial charge in [-0.25, -0.2) is 9.18 Å². The molecule has 0 saturated heterocycles. The molecule has 2 heterocycles. The highest BCUT2D eigenvalue weighted by atomic mass is 19.4. The monoisotopic (exact) mass is 546 g/mol. The second-order valence-corrected chi connectivity index (χ2v) is 8.71. The van der Waals surface area contributed by atoms with Gasteiger partial charge >= 0.3 is 12.2 Å².